The minimum absolute atomic E-state index is 0.196. The zero-order valence-electron chi connectivity index (χ0n) is 20.3. The molecule has 1 amide bonds. The molecule has 0 saturated carbocycles. The minimum atomic E-state index is -0.196. The molecule has 37 heavy (non-hydrogen) atoms. The molecule has 0 fully saturated rings. The van der Waals surface area contributed by atoms with Gasteiger partial charge in [0.1, 0.15) is 23.4 Å². The van der Waals surface area contributed by atoms with E-state index in [9.17, 15) is 4.79 Å². The predicted molar refractivity (Wildman–Crippen MR) is 146 cm³/mol. The number of nitrogens with zero attached hydrogens (tertiary/aromatic N) is 3. The lowest BCUT2D eigenvalue weighted by Gasteiger charge is -2.10. The molecular formula is C31H24N4O2. The number of anilines is 1. The third kappa shape index (κ3) is 4.65. The van der Waals surface area contributed by atoms with Gasteiger partial charge in [-0.2, -0.15) is 0 Å². The Kier molecular flexibility index (Phi) is 5.83. The van der Waals surface area contributed by atoms with E-state index in [0.717, 1.165) is 33.1 Å². The molecule has 0 aliphatic carbocycles. The van der Waals surface area contributed by atoms with Gasteiger partial charge in [0.25, 0.3) is 5.91 Å². The second kappa shape index (κ2) is 9.59. The van der Waals surface area contributed by atoms with Gasteiger partial charge in [0.2, 0.25) is 0 Å². The summed E-state index contributed by atoms with van der Waals surface area (Å²) >= 11 is 0. The molecule has 1 aromatic heterocycles. The third-order valence-electron chi connectivity index (χ3n) is 6.32. The van der Waals surface area contributed by atoms with E-state index >= 15 is 0 Å². The lowest BCUT2D eigenvalue weighted by Crippen LogP contribution is -2.12. The number of amides is 1. The summed E-state index contributed by atoms with van der Waals surface area (Å²) < 4.78 is 5.83. The summed E-state index contributed by atoms with van der Waals surface area (Å²) in [5.41, 5.74) is 5.63. The molecule has 6 nitrogen and oxygen atoms in total. The van der Waals surface area contributed by atoms with Crippen molar-refractivity contribution in [1.82, 2.24) is 15.0 Å². The van der Waals surface area contributed by atoms with E-state index in [0.29, 0.717) is 29.1 Å². The maximum absolute atomic E-state index is 13.0. The Bertz CT molecular complexity index is 1720. The number of aryl methyl sites for hydroxylation is 1. The molecule has 0 radical (unpaired) electrons. The first-order valence-corrected chi connectivity index (χ1v) is 12.1. The van der Waals surface area contributed by atoms with Gasteiger partial charge < -0.3 is 10.1 Å². The Labute approximate surface area is 214 Å². The van der Waals surface area contributed by atoms with E-state index in [2.05, 4.69) is 23.5 Å². The van der Waals surface area contributed by atoms with Crippen molar-refractivity contribution in [2.75, 3.05) is 5.32 Å². The monoisotopic (exact) mass is 484 g/mol. The van der Waals surface area contributed by atoms with Crippen molar-refractivity contribution in [2.45, 2.75) is 13.5 Å². The number of fused-ring (bicyclic) bond motifs is 2. The van der Waals surface area contributed by atoms with Gasteiger partial charge >= 0.3 is 0 Å². The summed E-state index contributed by atoms with van der Waals surface area (Å²) in [4.78, 5) is 14.6. The van der Waals surface area contributed by atoms with Crippen LogP contribution in [-0.4, -0.2) is 20.9 Å². The van der Waals surface area contributed by atoms with Gasteiger partial charge in [-0.25, -0.2) is 0 Å². The van der Waals surface area contributed by atoms with Crippen LogP contribution >= 0.6 is 0 Å². The number of nitrogens with one attached hydrogen (secondary N) is 1. The van der Waals surface area contributed by atoms with Crippen molar-refractivity contribution in [3.05, 3.63) is 126 Å². The third-order valence-corrected chi connectivity index (χ3v) is 6.32. The normalized spacial score (nSPS) is 11.1. The van der Waals surface area contributed by atoms with E-state index in [-0.39, 0.29) is 5.91 Å². The van der Waals surface area contributed by atoms with Crippen LogP contribution in [0.5, 0.6) is 5.75 Å². The van der Waals surface area contributed by atoms with Crippen LogP contribution in [0.25, 0.3) is 27.5 Å². The fraction of sp³-hybridized carbons (Fsp3) is 0.0645. The van der Waals surface area contributed by atoms with Crippen LogP contribution in [0.3, 0.4) is 0 Å². The lowest BCUT2D eigenvalue weighted by molar-refractivity contribution is 0.102. The molecule has 0 aliphatic heterocycles. The molecule has 6 rings (SSSR count). The number of benzene rings is 5. The molecule has 6 heteroatoms. The number of aromatic nitrogens is 3. The van der Waals surface area contributed by atoms with E-state index in [1.165, 1.54) is 0 Å². The summed E-state index contributed by atoms with van der Waals surface area (Å²) in [5, 5.41) is 14.6. The Balaban J connectivity index is 1.21. The Morgan fingerprint density at radius 1 is 0.811 bits per heavy atom. The molecule has 6 aromatic rings. The number of carbonyl (C=O) groups is 1. The van der Waals surface area contributed by atoms with E-state index in [1.54, 1.807) is 16.9 Å². The molecule has 1 N–H and O–H groups in total. The molecule has 0 saturated heterocycles. The van der Waals surface area contributed by atoms with Gasteiger partial charge in [0.05, 0.1) is 5.69 Å². The lowest BCUT2D eigenvalue weighted by atomic mass is 10.1. The van der Waals surface area contributed by atoms with Crippen LogP contribution in [0.4, 0.5) is 5.69 Å². The molecule has 1 heterocycles. The summed E-state index contributed by atoms with van der Waals surface area (Å²) in [6, 6.07) is 35.2. The minimum Gasteiger partial charge on any atom is -0.489 e. The van der Waals surface area contributed by atoms with Crippen molar-refractivity contribution in [3.63, 3.8) is 0 Å². The summed E-state index contributed by atoms with van der Waals surface area (Å²) in [6.07, 6.45) is 0. The second-order valence-corrected chi connectivity index (χ2v) is 8.90. The van der Waals surface area contributed by atoms with Crippen molar-refractivity contribution in [3.8, 4) is 11.4 Å². The maximum Gasteiger partial charge on any atom is 0.255 e. The van der Waals surface area contributed by atoms with Crippen molar-refractivity contribution < 1.29 is 9.53 Å². The zero-order valence-corrected chi connectivity index (χ0v) is 20.3. The van der Waals surface area contributed by atoms with Crippen LogP contribution in [0.15, 0.2) is 109 Å². The van der Waals surface area contributed by atoms with Gasteiger partial charge in [0, 0.05) is 16.6 Å². The second-order valence-electron chi connectivity index (χ2n) is 8.90. The first kappa shape index (κ1) is 22.5. The SMILES string of the molecule is Cc1cc2nn(-c3cccc4ccccc34)nc2cc1NC(=O)c1ccc(OCc2ccccc2)cc1. The highest BCUT2D eigenvalue weighted by Gasteiger charge is 2.13. The summed E-state index contributed by atoms with van der Waals surface area (Å²) in [7, 11) is 0. The molecule has 0 bridgehead atoms. The molecule has 0 unspecified atom stereocenters. The highest BCUT2D eigenvalue weighted by molar-refractivity contribution is 6.05. The van der Waals surface area contributed by atoms with Crippen LogP contribution in [0.2, 0.25) is 0 Å². The summed E-state index contributed by atoms with van der Waals surface area (Å²) in [6.45, 7) is 2.43. The van der Waals surface area contributed by atoms with Gasteiger partial charge in [-0.3, -0.25) is 4.79 Å². The van der Waals surface area contributed by atoms with Crippen LogP contribution in [0.1, 0.15) is 21.5 Å². The predicted octanol–water partition coefficient (Wildman–Crippen LogP) is 6.71. The summed E-state index contributed by atoms with van der Waals surface area (Å²) in [5.74, 6) is 0.515. The van der Waals surface area contributed by atoms with Crippen LogP contribution < -0.4 is 10.1 Å². The molecule has 0 spiro atoms. The molecular weight excluding hydrogens is 460 g/mol. The quantitative estimate of drug-likeness (QED) is 0.285. The number of rotatable bonds is 6. The average molecular weight is 485 g/mol. The first-order chi connectivity index (χ1) is 18.1. The Morgan fingerprint density at radius 3 is 2.32 bits per heavy atom. The van der Waals surface area contributed by atoms with Gasteiger partial charge in [-0.15, -0.1) is 15.0 Å². The standard InChI is InChI=1S/C31H24N4O2/c1-21-18-28-29(34-35(33-28)30-13-7-11-23-10-5-6-12-26(23)30)19-27(21)32-31(36)24-14-16-25(17-15-24)37-20-22-8-3-2-4-9-22/h2-19H,20H2,1H3,(H,32,36). The van der Waals surface area contributed by atoms with E-state index < -0.39 is 0 Å². The smallest absolute Gasteiger partial charge is 0.255 e. The Hall–Kier alpha value is -4.97. The fourth-order valence-corrected chi connectivity index (χ4v) is 4.33. The average Bonchev–Trinajstić information content (AvgIpc) is 3.35. The van der Waals surface area contributed by atoms with E-state index in [4.69, 9.17) is 14.9 Å². The molecule has 180 valence electrons. The van der Waals surface area contributed by atoms with Crippen molar-refractivity contribution >= 4 is 33.4 Å². The topological polar surface area (TPSA) is 69.0 Å². The van der Waals surface area contributed by atoms with Crippen molar-refractivity contribution in [1.29, 1.82) is 0 Å². The number of carbonyl (C=O) groups excluding carboxylic acids is 1. The largest absolute Gasteiger partial charge is 0.489 e. The molecule has 0 aliphatic rings. The zero-order chi connectivity index (χ0) is 25.2. The van der Waals surface area contributed by atoms with Gasteiger partial charge in [0.15, 0.2) is 0 Å². The van der Waals surface area contributed by atoms with Crippen molar-refractivity contribution in [2.24, 2.45) is 0 Å². The van der Waals surface area contributed by atoms with E-state index in [1.807, 2.05) is 85.8 Å². The first-order valence-electron chi connectivity index (χ1n) is 12.1. The number of hydrogen-bond donors (Lipinski definition) is 1. The Morgan fingerprint density at radius 2 is 1.51 bits per heavy atom. The van der Waals surface area contributed by atoms with Crippen LogP contribution in [-0.2, 0) is 6.61 Å². The highest BCUT2D eigenvalue weighted by Crippen LogP contribution is 2.26. The molecule has 5 aromatic carbocycles. The van der Waals surface area contributed by atoms with Gasteiger partial charge in [-0.1, -0.05) is 66.7 Å². The van der Waals surface area contributed by atoms with Gasteiger partial charge in [-0.05, 0) is 65.9 Å². The fourth-order valence-electron chi connectivity index (χ4n) is 4.33. The van der Waals surface area contributed by atoms with Crippen LogP contribution in [0, 0.1) is 6.92 Å². The molecule has 0 atom stereocenters. The number of ether oxygens (including phenoxy) is 1. The highest BCUT2D eigenvalue weighted by atomic mass is 16.5. The maximum atomic E-state index is 13.0. The number of hydrogen-bond acceptors (Lipinski definition) is 4.